The molecule has 1 aliphatic heterocycles. The molecule has 1 aromatic rings. The van der Waals surface area contributed by atoms with Gasteiger partial charge < -0.3 is 10.5 Å². The van der Waals surface area contributed by atoms with Gasteiger partial charge in [-0.2, -0.15) is 0 Å². The fourth-order valence-corrected chi connectivity index (χ4v) is 3.71. The highest BCUT2D eigenvalue weighted by atomic mass is 32.2. The second-order valence-electron chi connectivity index (χ2n) is 5.04. The van der Waals surface area contributed by atoms with Crippen molar-refractivity contribution in [3.8, 4) is 0 Å². The fraction of sp³-hybridized carbons (Fsp3) is 0.462. The van der Waals surface area contributed by atoms with E-state index in [9.17, 15) is 12.8 Å². The van der Waals surface area contributed by atoms with Crippen molar-refractivity contribution in [1.29, 1.82) is 0 Å². The lowest BCUT2D eigenvalue weighted by Crippen LogP contribution is -2.38. The number of rotatable bonds is 5. The molecule has 1 heterocycles. The van der Waals surface area contributed by atoms with Crippen LogP contribution in [0.15, 0.2) is 23.1 Å². The number of nitrogens with one attached hydrogen (secondary N) is 1. The Morgan fingerprint density at radius 1 is 1.57 bits per heavy atom. The van der Waals surface area contributed by atoms with Gasteiger partial charge in [0.05, 0.1) is 11.5 Å². The van der Waals surface area contributed by atoms with E-state index in [-0.39, 0.29) is 27.4 Å². The van der Waals surface area contributed by atoms with Crippen molar-refractivity contribution < 1.29 is 17.5 Å². The van der Waals surface area contributed by atoms with E-state index in [0.29, 0.717) is 13.2 Å². The first-order valence-corrected chi connectivity index (χ1v) is 8.40. The molecule has 21 heavy (non-hydrogen) atoms. The van der Waals surface area contributed by atoms with Crippen molar-refractivity contribution >= 4 is 27.2 Å². The molecule has 5 nitrogen and oxygen atoms in total. The van der Waals surface area contributed by atoms with E-state index < -0.39 is 15.8 Å². The van der Waals surface area contributed by atoms with E-state index >= 15 is 0 Å². The molecule has 0 spiro atoms. The summed E-state index contributed by atoms with van der Waals surface area (Å²) in [6, 6.07) is 3.12. The maximum atomic E-state index is 13.5. The Bertz CT molecular complexity index is 643. The van der Waals surface area contributed by atoms with Crippen LogP contribution in [-0.4, -0.2) is 32.7 Å². The lowest BCUT2D eigenvalue weighted by Gasteiger charge is -2.19. The molecular formula is C13H17FN2O3S2. The lowest BCUT2D eigenvalue weighted by atomic mass is 10.0. The summed E-state index contributed by atoms with van der Waals surface area (Å²) in [5.74, 6) is -0.506. The minimum Gasteiger partial charge on any atom is -0.389 e. The molecule has 0 saturated carbocycles. The zero-order chi connectivity index (χ0) is 15.6. The normalized spacial score (nSPS) is 20.4. The van der Waals surface area contributed by atoms with E-state index in [4.69, 9.17) is 22.7 Å². The van der Waals surface area contributed by atoms with Gasteiger partial charge in [0.25, 0.3) is 0 Å². The van der Waals surface area contributed by atoms with Gasteiger partial charge in [0, 0.05) is 24.1 Å². The Kier molecular flexibility index (Phi) is 4.92. The Balaban J connectivity index is 2.23. The number of hydrogen-bond donors (Lipinski definition) is 2. The van der Waals surface area contributed by atoms with Crippen LogP contribution in [0.25, 0.3) is 0 Å². The van der Waals surface area contributed by atoms with Crippen LogP contribution in [-0.2, 0) is 14.8 Å². The topological polar surface area (TPSA) is 81.4 Å². The van der Waals surface area contributed by atoms with Gasteiger partial charge in [-0.3, -0.25) is 0 Å². The van der Waals surface area contributed by atoms with Crippen LogP contribution >= 0.6 is 12.2 Å². The second kappa shape index (κ2) is 6.35. The SMILES string of the molecule is CC(NS(=O)(=O)c1ccc(F)c(C(N)=S)c1)C1CCOC1. The molecule has 1 fully saturated rings. The molecule has 8 heteroatoms. The van der Waals surface area contributed by atoms with Crippen LogP contribution < -0.4 is 10.5 Å². The number of hydrogen-bond acceptors (Lipinski definition) is 4. The van der Waals surface area contributed by atoms with Gasteiger partial charge in [-0.25, -0.2) is 17.5 Å². The van der Waals surface area contributed by atoms with Crippen LogP contribution in [0.2, 0.25) is 0 Å². The van der Waals surface area contributed by atoms with Crippen molar-refractivity contribution in [1.82, 2.24) is 4.72 Å². The first-order chi connectivity index (χ1) is 9.81. The monoisotopic (exact) mass is 332 g/mol. The first-order valence-electron chi connectivity index (χ1n) is 6.50. The van der Waals surface area contributed by atoms with Crippen molar-refractivity contribution in [2.24, 2.45) is 11.7 Å². The molecule has 0 radical (unpaired) electrons. The number of sulfonamides is 1. The molecule has 116 valence electrons. The summed E-state index contributed by atoms with van der Waals surface area (Å²) in [7, 11) is -3.76. The number of thiocarbonyl (C=S) groups is 1. The zero-order valence-corrected chi connectivity index (χ0v) is 13.1. The summed E-state index contributed by atoms with van der Waals surface area (Å²) in [6.45, 7) is 2.96. The summed E-state index contributed by atoms with van der Waals surface area (Å²) in [5, 5.41) is 0. The summed E-state index contributed by atoms with van der Waals surface area (Å²) < 4.78 is 46.0. The lowest BCUT2D eigenvalue weighted by molar-refractivity contribution is 0.180. The molecule has 0 aliphatic carbocycles. The quantitative estimate of drug-likeness (QED) is 0.791. The third kappa shape index (κ3) is 3.76. The highest BCUT2D eigenvalue weighted by Crippen LogP contribution is 2.20. The van der Waals surface area contributed by atoms with Crippen LogP contribution in [0.5, 0.6) is 0 Å². The zero-order valence-electron chi connectivity index (χ0n) is 11.5. The molecule has 0 aromatic heterocycles. The summed E-state index contributed by atoms with van der Waals surface area (Å²) >= 11 is 4.71. The van der Waals surface area contributed by atoms with Crippen molar-refractivity contribution in [2.45, 2.75) is 24.3 Å². The third-order valence-electron chi connectivity index (χ3n) is 3.53. The molecule has 2 unspecified atom stereocenters. The molecular weight excluding hydrogens is 315 g/mol. The number of halogens is 1. The standard InChI is InChI=1S/C13H17FN2O3S2/c1-8(9-4-5-19-7-9)16-21(17,18)10-2-3-12(14)11(6-10)13(15)20/h2-3,6,8-9,16H,4-5,7H2,1H3,(H2,15,20). The van der Waals surface area contributed by atoms with E-state index in [0.717, 1.165) is 18.6 Å². The maximum absolute atomic E-state index is 13.5. The van der Waals surface area contributed by atoms with E-state index in [1.54, 1.807) is 6.92 Å². The average Bonchev–Trinajstić information content (AvgIpc) is 2.92. The van der Waals surface area contributed by atoms with Crippen LogP contribution in [0.3, 0.4) is 0 Å². The first kappa shape index (κ1) is 16.3. The third-order valence-corrected chi connectivity index (χ3v) is 5.30. The van der Waals surface area contributed by atoms with Gasteiger partial charge in [-0.05, 0) is 31.5 Å². The molecule has 1 aliphatic rings. The maximum Gasteiger partial charge on any atom is 0.240 e. The summed E-state index contributed by atoms with van der Waals surface area (Å²) in [4.78, 5) is -0.237. The molecule has 0 bridgehead atoms. The van der Waals surface area contributed by atoms with E-state index in [2.05, 4.69) is 4.72 Å². The molecule has 1 saturated heterocycles. The van der Waals surface area contributed by atoms with Gasteiger partial charge in [0.1, 0.15) is 10.8 Å². The number of ether oxygens (including phenoxy) is 1. The van der Waals surface area contributed by atoms with Gasteiger partial charge in [0.2, 0.25) is 10.0 Å². The van der Waals surface area contributed by atoms with E-state index in [1.807, 2.05) is 0 Å². The van der Waals surface area contributed by atoms with E-state index in [1.165, 1.54) is 6.07 Å². The summed E-state index contributed by atoms with van der Waals surface area (Å²) in [6.07, 6.45) is 0.811. The van der Waals surface area contributed by atoms with Crippen molar-refractivity contribution in [2.75, 3.05) is 13.2 Å². The number of benzene rings is 1. The second-order valence-corrected chi connectivity index (χ2v) is 7.19. The van der Waals surface area contributed by atoms with Gasteiger partial charge in [-0.15, -0.1) is 0 Å². The highest BCUT2D eigenvalue weighted by Gasteiger charge is 2.27. The molecule has 3 N–H and O–H groups in total. The Hall–Kier alpha value is -1.09. The predicted octanol–water partition coefficient (Wildman–Crippen LogP) is 1.16. The minimum absolute atomic E-state index is 0.0579. The predicted molar refractivity (Wildman–Crippen MR) is 81.0 cm³/mol. The average molecular weight is 332 g/mol. The van der Waals surface area contributed by atoms with Crippen LogP contribution in [0, 0.1) is 11.7 Å². The molecule has 0 amide bonds. The molecule has 2 rings (SSSR count). The van der Waals surface area contributed by atoms with Gasteiger partial charge >= 0.3 is 0 Å². The van der Waals surface area contributed by atoms with Crippen LogP contribution in [0.1, 0.15) is 18.9 Å². The van der Waals surface area contributed by atoms with Crippen molar-refractivity contribution in [3.63, 3.8) is 0 Å². The van der Waals surface area contributed by atoms with Gasteiger partial charge in [0.15, 0.2) is 0 Å². The molecule has 2 atom stereocenters. The Labute approximate surface area is 128 Å². The largest absolute Gasteiger partial charge is 0.389 e. The number of nitrogens with two attached hydrogens (primary N) is 1. The van der Waals surface area contributed by atoms with Crippen molar-refractivity contribution in [3.05, 3.63) is 29.6 Å². The van der Waals surface area contributed by atoms with Gasteiger partial charge in [-0.1, -0.05) is 12.2 Å². The highest BCUT2D eigenvalue weighted by molar-refractivity contribution is 7.89. The fourth-order valence-electron chi connectivity index (χ4n) is 2.22. The summed E-state index contributed by atoms with van der Waals surface area (Å²) in [5.41, 5.74) is 5.31. The Morgan fingerprint density at radius 3 is 2.86 bits per heavy atom. The van der Waals surface area contributed by atoms with Crippen LogP contribution in [0.4, 0.5) is 4.39 Å². The Morgan fingerprint density at radius 2 is 2.29 bits per heavy atom. The smallest absolute Gasteiger partial charge is 0.240 e. The molecule has 1 aromatic carbocycles. The minimum atomic E-state index is -3.76.